The van der Waals surface area contributed by atoms with Gasteiger partial charge >= 0.3 is 0 Å². The standard InChI is InChI=1S/C21H19N3O2/c25-19-8-7-18-11-16(12-22-21(18)23-19)6-9-20(26)24-13-17(14-24)10-15-4-2-1-3-5-15/h1-6,9-12H,7-8,13-14H2,(H,22,23,25)/b9-6+. The summed E-state index contributed by atoms with van der Waals surface area (Å²) >= 11 is 0. The predicted molar refractivity (Wildman–Crippen MR) is 101 cm³/mol. The van der Waals surface area contributed by atoms with Gasteiger partial charge in [-0.15, -0.1) is 0 Å². The molecule has 1 aromatic heterocycles. The number of benzene rings is 1. The Hall–Kier alpha value is -3.21. The highest BCUT2D eigenvalue weighted by molar-refractivity contribution is 5.94. The minimum Gasteiger partial charge on any atom is -0.331 e. The minimum atomic E-state index is 0.000569. The number of carbonyl (C=O) groups excluding carboxylic acids is 2. The van der Waals surface area contributed by atoms with Gasteiger partial charge in [-0.05, 0) is 40.8 Å². The molecule has 4 rings (SSSR count). The molecule has 0 atom stereocenters. The van der Waals surface area contributed by atoms with Crippen LogP contribution in [0.2, 0.25) is 0 Å². The number of aryl methyl sites for hydroxylation is 1. The Balaban J connectivity index is 1.36. The molecule has 2 aliphatic heterocycles. The van der Waals surface area contributed by atoms with E-state index in [4.69, 9.17) is 0 Å². The highest BCUT2D eigenvalue weighted by atomic mass is 16.2. The maximum atomic E-state index is 12.3. The van der Waals surface area contributed by atoms with Crippen LogP contribution < -0.4 is 5.32 Å². The summed E-state index contributed by atoms with van der Waals surface area (Å²) in [6.45, 7) is 1.35. The lowest BCUT2D eigenvalue weighted by Gasteiger charge is -2.33. The fraction of sp³-hybridized carbons (Fsp3) is 0.190. The van der Waals surface area contributed by atoms with Crippen LogP contribution in [-0.2, 0) is 16.0 Å². The van der Waals surface area contributed by atoms with Gasteiger partial charge in [0.05, 0.1) is 0 Å². The molecule has 0 bridgehead atoms. The summed E-state index contributed by atoms with van der Waals surface area (Å²) in [5, 5.41) is 2.76. The average Bonchev–Trinajstić information content (AvgIpc) is 2.63. The monoisotopic (exact) mass is 345 g/mol. The molecule has 2 aromatic rings. The first-order valence-electron chi connectivity index (χ1n) is 8.68. The van der Waals surface area contributed by atoms with Crippen molar-refractivity contribution in [3.63, 3.8) is 0 Å². The van der Waals surface area contributed by atoms with Crippen LogP contribution in [0, 0.1) is 0 Å². The van der Waals surface area contributed by atoms with Crippen LogP contribution in [0.1, 0.15) is 23.1 Å². The van der Waals surface area contributed by atoms with E-state index in [1.54, 1.807) is 23.2 Å². The second kappa shape index (κ2) is 6.96. The van der Waals surface area contributed by atoms with Crippen molar-refractivity contribution in [2.45, 2.75) is 12.8 Å². The van der Waals surface area contributed by atoms with Crippen LogP contribution >= 0.6 is 0 Å². The van der Waals surface area contributed by atoms with E-state index < -0.39 is 0 Å². The Bertz CT molecular complexity index is 908. The number of nitrogens with zero attached hydrogens (tertiary/aromatic N) is 2. The van der Waals surface area contributed by atoms with Crippen LogP contribution in [0.25, 0.3) is 12.2 Å². The summed E-state index contributed by atoms with van der Waals surface area (Å²) in [5.41, 5.74) is 4.30. The number of hydrogen-bond donors (Lipinski definition) is 1. The Kier molecular flexibility index (Phi) is 4.35. The van der Waals surface area contributed by atoms with Crippen LogP contribution in [0.3, 0.4) is 0 Å². The quantitative estimate of drug-likeness (QED) is 0.870. The van der Waals surface area contributed by atoms with Gasteiger partial charge in [-0.2, -0.15) is 0 Å². The molecule has 0 saturated carbocycles. The lowest BCUT2D eigenvalue weighted by molar-refractivity contribution is -0.127. The van der Waals surface area contributed by atoms with Crippen LogP contribution in [0.5, 0.6) is 0 Å². The van der Waals surface area contributed by atoms with Crippen molar-refractivity contribution in [3.05, 3.63) is 70.9 Å². The molecule has 0 radical (unpaired) electrons. The third-order valence-electron chi connectivity index (χ3n) is 4.56. The van der Waals surface area contributed by atoms with E-state index in [2.05, 4.69) is 28.5 Å². The van der Waals surface area contributed by atoms with Gasteiger partial charge in [-0.3, -0.25) is 9.59 Å². The van der Waals surface area contributed by atoms with Gasteiger partial charge in [0, 0.05) is 31.8 Å². The van der Waals surface area contributed by atoms with Crippen molar-refractivity contribution >= 4 is 29.8 Å². The number of aromatic nitrogens is 1. The largest absolute Gasteiger partial charge is 0.331 e. The number of anilines is 1. The number of amides is 2. The first-order chi connectivity index (χ1) is 12.7. The van der Waals surface area contributed by atoms with Gasteiger partial charge in [-0.1, -0.05) is 36.4 Å². The SMILES string of the molecule is O=C1CCc2cc(/C=C/C(=O)N3CC(=Cc4ccccc4)C3)cnc2N1. The van der Waals surface area contributed by atoms with Crippen molar-refractivity contribution in [2.75, 3.05) is 18.4 Å². The van der Waals surface area contributed by atoms with E-state index in [0.717, 1.165) is 16.7 Å². The molecule has 1 N–H and O–H groups in total. The van der Waals surface area contributed by atoms with Gasteiger partial charge in [0.1, 0.15) is 5.82 Å². The van der Waals surface area contributed by atoms with Crippen LogP contribution in [-0.4, -0.2) is 34.8 Å². The van der Waals surface area contributed by atoms with Gasteiger partial charge in [0.25, 0.3) is 0 Å². The van der Waals surface area contributed by atoms with Gasteiger partial charge in [-0.25, -0.2) is 4.98 Å². The first kappa shape index (κ1) is 16.3. The zero-order valence-corrected chi connectivity index (χ0v) is 14.3. The molecule has 1 aromatic carbocycles. The Labute approximate surface area is 152 Å². The maximum Gasteiger partial charge on any atom is 0.247 e. The fourth-order valence-corrected chi connectivity index (χ4v) is 3.11. The molecular weight excluding hydrogens is 326 g/mol. The zero-order chi connectivity index (χ0) is 17.9. The van der Waals surface area contributed by atoms with Crippen molar-refractivity contribution in [2.24, 2.45) is 0 Å². The summed E-state index contributed by atoms with van der Waals surface area (Å²) in [6, 6.07) is 12.1. The van der Waals surface area contributed by atoms with E-state index in [1.807, 2.05) is 24.3 Å². The molecule has 1 fully saturated rings. The van der Waals surface area contributed by atoms with E-state index in [0.29, 0.717) is 31.7 Å². The summed E-state index contributed by atoms with van der Waals surface area (Å²) in [6.07, 6.45) is 8.34. The molecule has 0 unspecified atom stereocenters. The number of nitrogens with one attached hydrogen (secondary N) is 1. The molecule has 2 aliphatic rings. The third-order valence-corrected chi connectivity index (χ3v) is 4.56. The number of carbonyl (C=O) groups is 2. The van der Waals surface area contributed by atoms with Crippen LogP contribution in [0.15, 0.2) is 54.2 Å². The highest BCUT2D eigenvalue weighted by Crippen LogP contribution is 2.22. The maximum absolute atomic E-state index is 12.3. The fourth-order valence-electron chi connectivity index (χ4n) is 3.11. The third kappa shape index (κ3) is 3.57. The first-order valence-corrected chi connectivity index (χ1v) is 8.68. The number of pyridine rings is 1. The van der Waals surface area contributed by atoms with E-state index in [1.165, 1.54) is 5.57 Å². The predicted octanol–water partition coefficient (Wildman–Crippen LogP) is 2.91. The Morgan fingerprint density at radius 3 is 2.73 bits per heavy atom. The molecule has 0 spiro atoms. The highest BCUT2D eigenvalue weighted by Gasteiger charge is 2.23. The summed E-state index contributed by atoms with van der Waals surface area (Å²) in [7, 11) is 0. The molecule has 2 amide bonds. The van der Waals surface area contributed by atoms with Crippen molar-refractivity contribution in [1.29, 1.82) is 0 Å². The summed E-state index contributed by atoms with van der Waals surface area (Å²) in [4.78, 5) is 29.7. The van der Waals surface area contributed by atoms with E-state index in [9.17, 15) is 9.59 Å². The number of fused-ring (bicyclic) bond motifs is 1. The molecule has 130 valence electrons. The lowest BCUT2D eigenvalue weighted by Crippen LogP contribution is -2.43. The lowest BCUT2D eigenvalue weighted by atomic mass is 10.0. The Morgan fingerprint density at radius 2 is 1.92 bits per heavy atom. The van der Waals surface area contributed by atoms with Crippen molar-refractivity contribution in [3.8, 4) is 0 Å². The smallest absolute Gasteiger partial charge is 0.247 e. The summed E-state index contributed by atoms with van der Waals surface area (Å²) in [5.74, 6) is 0.630. The van der Waals surface area contributed by atoms with E-state index in [-0.39, 0.29) is 11.8 Å². The molecule has 26 heavy (non-hydrogen) atoms. The van der Waals surface area contributed by atoms with Gasteiger partial charge in [0.15, 0.2) is 0 Å². The normalized spacial score (nSPS) is 16.1. The molecule has 0 aliphatic carbocycles. The average molecular weight is 345 g/mol. The Morgan fingerprint density at radius 1 is 1.12 bits per heavy atom. The number of likely N-dealkylation sites (tertiary alicyclic amines) is 1. The molecule has 5 nitrogen and oxygen atoms in total. The second-order valence-corrected chi connectivity index (χ2v) is 6.57. The topological polar surface area (TPSA) is 62.3 Å². The second-order valence-electron chi connectivity index (χ2n) is 6.57. The number of hydrogen-bond acceptors (Lipinski definition) is 3. The van der Waals surface area contributed by atoms with Crippen molar-refractivity contribution in [1.82, 2.24) is 9.88 Å². The van der Waals surface area contributed by atoms with Crippen LogP contribution in [0.4, 0.5) is 5.82 Å². The molecular formula is C21H19N3O2. The zero-order valence-electron chi connectivity index (χ0n) is 14.3. The van der Waals surface area contributed by atoms with Gasteiger partial charge in [0.2, 0.25) is 11.8 Å². The number of rotatable bonds is 3. The molecule has 1 saturated heterocycles. The minimum absolute atomic E-state index is 0.000569. The molecule has 5 heteroatoms. The molecule has 3 heterocycles. The van der Waals surface area contributed by atoms with E-state index >= 15 is 0 Å². The summed E-state index contributed by atoms with van der Waals surface area (Å²) < 4.78 is 0. The van der Waals surface area contributed by atoms with Gasteiger partial charge < -0.3 is 10.2 Å². The van der Waals surface area contributed by atoms with Crippen molar-refractivity contribution < 1.29 is 9.59 Å².